The van der Waals surface area contributed by atoms with Crippen molar-refractivity contribution in [1.29, 1.82) is 0 Å². The van der Waals surface area contributed by atoms with E-state index in [-0.39, 0.29) is 5.91 Å². The maximum Gasteiger partial charge on any atom is 0.241 e. The van der Waals surface area contributed by atoms with Crippen LogP contribution in [0.4, 0.5) is 5.82 Å². The second-order valence-corrected chi connectivity index (χ2v) is 5.30. The number of carbonyl (C=O) groups excluding carboxylic acids is 1. The Morgan fingerprint density at radius 1 is 1.16 bits per heavy atom. The fourth-order valence-corrected chi connectivity index (χ4v) is 2.93. The van der Waals surface area contributed by atoms with Gasteiger partial charge in [0.15, 0.2) is 0 Å². The van der Waals surface area contributed by atoms with Crippen molar-refractivity contribution >= 4 is 11.7 Å². The van der Waals surface area contributed by atoms with Gasteiger partial charge in [-0.15, -0.1) is 0 Å². The van der Waals surface area contributed by atoms with Crippen LogP contribution in [0.25, 0.3) is 0 Å². The minimum atomic E-state index is 0.185. The second kappa shape index (κ2) is 5.55. The van der Waals surface area contributed by atoms with Crippen LogP contribution in [-0.4, -0.2) is 40.4 Å². The lowest BCUT2D eigenvalue weighted by Crippen LogP contribution is -2.39. The summed E-state index contributed by atoms with van der Waals surface area (Å²) < 4.78 is 0. The molecule has 1 aromatic heterocycles. The van der Waals surface area contributed by atoms with E-state index in [9.17, 15) is 4.79 Å². The van der Waals surface area contributed by atoms with Crippen molar-refractivity contribution in [1.82, 2.24) is 14.9 Å². The van der Waals surface area contributed by atoms with Crippen LogP contribution in [-0.2, 0) is 17.6 Å². The van der Waals surface area contributed by atoms with Crippen molar-refractivity contribution < 1.29 is 4.79 Å². The summed E-state index contributed by atoms with van der Waals surface area (Å²) in [4.78, 5) is 22.6. The summed E-state index contributed by atoms with van der Waals surface area (Å²) in [5.74, 6) is 1.04. The fourth-order valence-electron chi connectivity index (χ4n) is 2.93. The number of hydrogen-bond acceptors (Lipinski definition) is 4. The molecule has 1 fully saturated rings. The van der Waals surface area contributed by atoms with Crippen LogP contribution in [0.15, 0.2) is 6.33 Å². The van der Waals surface area contributed by atoms with Crippen LogP contribution in [0.2, 0.25) is 0 Å². The van der Waals surface area contributed by atoms with Gasteiger partial charge in [-0.3, -0.25) is 4.79 Å². The fraction of sp³-hybridized carbons (Fsp3) is 0.643. The summed E-state index contributed by atoms with van der Waals surface area (Å²) in [5.41, 5.74) is 2.34. The average Bonchev–Trinajstić information content (AvgIpc) is 2.94. The van der Waals surface area contributed by atoms with Gasteiger partial charge in [-0.1, -0.05) is 0 Å². The number of nitrogens with one attached hydrogen (secondary N) is 1. The molecule has 0 spiro atoms. The standard InChI is InChI=1S/C14H20N4O/c19-13(18-7-2-1-3-8-18)9-15-14-11-5-4-6-12(11)16-10-17-14/h10H,1-9H2,(H,15,16,17). The van der Waals surface area contributed by atoms with Crippen molar-refractivity contribution in [2.24, 2.45) is 0 Å². The summed E-state index contributed by atoms with van der Waals surface area (Å²) in [6, 6.07) is 0. The molecule has 2 heterocycles. The van der Waals surface area contributed by atoms with Crippen molar-refractivity contribution in [3.8, 4) is 0 Å². The van der Waals surface area contributed by atoms with Crippen LogP contribution in [0.3, 0.4) is 0 Å². The predicted octanol–water partition coefficient (Wildman–Crippen LogP) is 1.39. The minimum Gasteiger partial charge on any atom is -0.361 e. The molecule has 1 aliphatic carbocycles. The third-order valence-electron chi connectivity index (χ3n) is 3.99. The molecule has 1 amide bonds. The average molecular weight is 260 g/mol. The Morgan fingerprint density at radius 2 is 2.00 bits per heavy atom. The molecule has 2 aliphatic rings. The largest absolute Gasteiger partial charge is 0.361 e. The first kappa shape index (κ1) is 12.4. The molecular formula is C14H20N4O. The van der Waals surface area contributed by atoms with E-state index in [0.29, 0.717) is 6.54 Å². The normalized spacial score (nSPS) is 18.2. The summed E-state index contributed by atoms with van der Waals surface area (Å²) in [5, 5.41) is 3.20. The van der Waals surface area contributed by atoms with E-state index in [1.807, 2.05) is 4.90 Å². The molecule has 19 heavy (non-hydrogen) atoms. The van der Waals surface area contributed by atoms with Gasteiger partial charge in [0.2, 0.25) is 5.91 Å². The van der Waals surface area contributed by atoms with E-state index in [1.54, 1.807) is 6.33 Å². The quantitative estimate of drug-likeness (QED) is 0.892. The topological polar surface area (TPSA) is 58.1 Å². The molecule has 0 bridgehead atoms. The Labute approximate surface area is 113 Å². The molecule has 3 rings (SSSR count). The monoisotopic (exact) mass is 260 g/mol. The molecule has 5 heteroatoms. The smallest absolute Gasteiger partial charge is 0.241 e. The third kappa shape index (κ3) is 2.69. The highest BCUT2D eigenvalue weighted by atomic mass is 16.2. The van der Waals surface area contributed by atoms with Gasteiger partial charge in [-0.05, 0) is 38.5 Å². The van der Waals surface area contributed by atoms with E-state index in [1.165, 1.54) is 12.0 Å². The maximum atomic E-state index is 12.1. The number of anilines is 1. The summed E-state index contributed by atoms with van der Waals surface area (Å²) in [7, 11) is 0. The molecule has 0 radical (unpaired) electrons. The van der Waals surface area contributed by atoms with Crippen molar-refractivity contribution in [3.05, 3.63) is 17.6 Å². The lowest BCUT2D eigenvalue weighted by molar-refractivity contribution is -0.130. The number of nitrogens with zero attached hydrogens (tertiary/aromatic N) is 3. The van der Waals surface area contributed by atoms with Gasteiger partial charge in [-0.2, -0.15) is 0 Å². The maximum absolute atomic E-state index is 12.1. The summed E-state index contributed by atoms with van der Waals surface area (Å²) in [6.07, 6.45) is 8.31. The molecule has 5 nitrogen and oxygen atoms in total. The molecule has 0 unspecified atom stereocenters. The molecular weight excluding hydrogens is 240 g/mol. The Bertz CT molecular complexity index is 469. The first-order valence-electron chi connectivity index (χ1n) is 7.19. The first-order valence-corrected chi connectivity index (χ1v) is 7.19. The van der Waals surface area contributed by atoms with Crippen LogP contribution in [0.1, 0.15) is 36.9 Å². The van der Waals surface area contributed by atoms with Crippen molar-refractivity contribution in [3.63, 3.8) is 0 Å². The summed E-state index contributed by atoms with van der Waals surface area (Å²) in [6.45, 7) is 2.16. The van der Waals surface area contributed by atoms with Gasteiger partial charge >= 0.3 is 0 Å². The number of likely N-dealkylation sites (tertiary alicyclic amines) is 1. The molecule has 1 saturated heterocycles. The Hall–Kier alpha value is -1.65. The Kier molecular flexibility index (Phi) is 3.62. The molecule has 1 aromatic rings. The van der Waals surface area contributed by atoms with E-state index in [2.05, 4.69) is 15.3 Å². The zero-order valence-corrected chi connectivity index (χ0v) is 11.2. The van der Waals surface area contributed by atoms with Crippen molar-refractivity contribution in [2.75, 3.05) is 25.0 Å². The first-order chi connectivity index (χ1) is 9.34. The number of aromatic nitrogens is 2. The molecule has 102 valence electrons. The molecule has 0 saturated carbocycles. The molecule has 0 aromatic carbocycles. The Morgan fingerprint density at radius 3 is 2.84 bits per heavy atom. The van der Waals surface area contributed by atoms with Gasteiger partial charge < -0.3 is 10.2 Å². The lowest BCUT2D eigenvalue weighted by atomic mass is 10.1. The highest BCUT2D eigenvalue weighted by molar-refractivity contribution is 5.80. The molecule has 0 atom stereocenters. The number of aryl methyl sites for hydroxylation is 1. The predicted molar refractivity (Wildman–Crippen MR) is 73.0 cm³/mol. The van der Waals surface area contributed by atoms with E-state index >= 15 is 0 Å². The van der Waals surface area contributed by atoms with Gasteiger partial charge in [0, 0.05) is 24.3 Å². The molecule has 1 N–H and O–H groups in total. The third-order valence-corrected chi connectivity index (χ3v) is 3.99. The van der Waals surface area contributed by atoms with E-state index in [0.717, 1.165) is 56.7 Å². The zero-order valence-electron chi connectivity index (χ0n) is 11.2. The number of hydrogen-bond donors (Lipinski definition) is 1. The number of fused-ring (bicyclic) bond motifs is 1. The second-order valence-electron chi connectivity index (χ2n) is 5.30. The number of amides is 1. The van der Waals surface area contributed by atoms with E-state index < -0.39 is 0 Å². The van der Waals surface area contributed by atoms with Gasteiger partial charge in [-0.25, -0.2) is 9.97 Å². The molecule has 1 aliphatic heterocycles. The van der Waals surface area contributed by atoms with E-state index in [4.69, 9.17) is 0 Å². The van der Waals surface area contributed by atoms with Crippen LogP contribution in [0.5, 0.6) is 0 Å². The highest BCUT2D eigenvalue weighted by Gasteiger charge is 2.19. The Balaban J connectivity index is 1.60. The van der Waals surface area contributed by atoms with Crippen LogP contribution < -0.4 is 5.32 Å². The zero-order chi connectivity index (χ0) is 13.1. The van der Waals surface area contributed by atoms with Crippen molar-refractivity contribution in [2.45, 2.75) is 38.5 Å². The van der Waals surface area contributed by atoms with Crippen LogP contribution >= 0.6 is 0 Å². The summed E-state index contributed by atoms with van der Waals surface area (Å²) >= 11 is 0. The lowest BCUT2D eigenvalue weighted by Gasteiger charge is -2.26. The van der Waals surface area contributed by atoms with Gasteiger partial charge in [0.25, 0.3) is 0 Å². The highest BCUT2D eigenvalue weighted by Crippen LogP contribution is 2.24. The minimum absolute atomic E-state index is 0.185. The van der Waals surface area contributed by atoms with Gasteiger partial charge in [0.05, 0.1) is 6.54 Å². The number of piperidine rings is 1. The number of carbonyl (C=O) groups is 1. The number of rotatable bonds is 3. The SMILES string of the molecule is O=C(CNc1ncnc2c1CCC2)N1CCCCC1. The van der Waals surface area contributed by atoms with Crippen LogP contribution in [0, 0.1) is 0 Å². The van der Waals surface area contributed by atoms with Gasteiger partial charge in [0.1, 0.15) is 12.1 Å².